The predicted molar refractivity (Wildman–Crippen MR) is 180 cm³/mol. The Labute approximate surface area is 255 Å². The minimum absolute atomic E-state index is 0.133. The van der Waals surface area contributed by atoms with E-state index in [1.54, 1.807) is 0 Å². The number of ketones is 1. The second-order valence-electron chi connectivity index (χ2n) is 15.8. The molecule has 4 heteroatoms. The van der Waals surface area contributed by atoms with Gasteiger partial charge in [-0.15, -0.1) is 0 Å². The number of nitrogens with two attached hydrogens (primary N) is 1. The van der Waals surface area contributed by atoms with Crippen LogP contribution >= 0.6 is 12.6 Å². The number of hydrogen-bond acceptors (Lipinski definition) is 4. The predicted octanol–water partition coefficient (Wildman–Crippen LogP) is 9.59. The van der Waals surface area contributed by atoms with Gasteiger partial charge in [0.1, 0.15) is 5.78 Å². The molecule has 0 amide bonds. The van der Waals surface area contributed by atoms with Crippen LogP contribution in [0.2, 0.25) is 0 Å². The van der Waals surface area contributed by atoms with E-state index in [1.807, 2.05) is 0 Å². The number of unbranched alkanes of at least 4 members (excludes halogenated alkanes) is 4. The summed E-state index contributed by atoms with van der Waals surface area (Å²) < 4.78 is 0. The molecule has 232 valence electrons. The zero-order valence-electron chi connectivity index (χ0n) is 28.3. The molecular weight excluding hydrogens is 508 g/mol. The molecule has 0 aromatic heterocycles. The lowest BCUT2D eigenvalue weighted by Gasteiger charge is -2.61. The second-order valence-corrected chi connectivity index (χ2v) is 16.1. The number of rotatable bonds is 18. The number of benzene rings is 1. The van der Waals surface area contributed by atoms with Gasteiger partial charge >= 0.3 is 0 Å². The Hall–Kier alpha value is -0.840. The van der Waals surface area contributed by atoms with Gasteiger partial charge in [0.2, 0.25) is 0 Å². The summed E-state index contributed by atoms with van der Waals surface area (Å²) in [4.78, 5) is 14.3. The molecule has 2 atom stereocenters. The third kappa shape index (κ3) is 9.60. The fourth-order valence-electron chi connectivity index (χ4n) is 6.70. The number of carbonyl (C=O) groups excluding carboxylic acids is 1. The van der Waals surface area contributed by atoms with Crippen LogP contribution in [0.25, 0.3) is 0 Å². The largest absolute Gasteiger partial charge is 0.330 e. The van der Waals surface area contributed by atoms with Gasteiger partial charge in [0, 0.05) is 17.6 Å². The highest BCUT2D eigenvalue weighted by molar-refractivity contribution is 7.79. The highest BCUT2D eigenvalue weighted by Crippen LogP contribution is 2.64. The molecule has 3 N–H and O–H groups in total. The normalized spacial score (nSPS) is 15.6. The topological polar surface area (TPSA) is 55.1 Å². The van der Waals surface area contributed by atoms with E-state index in [0.29, 0.717) is 18.1 Å². The summed E-state index contributed by atoms with van der Waals surface area (Å²) in [6, 6.07) is 9.06. The van der Waals surface area contributed by atoms with E-state index >= 15 is 0 Å². The third-order valence-corrected chi connectivity index (χ3v) is 10.9. The van der Waals surface area contributed by atoms with Crippen molar-refractivity contribution < 1.29 is 4.79 Å². The summed E-state index contributed by atoms with van der Waals surface area (Å²) in [6.07, 6.45) is 8.50. The van der Waals surface area contributed by atoms with Crippen LogP contribution < -0.4 is 11.1 Å². The number of hydrogen-bond donors (Lipinski definition) is 3. The Kier molecular flexibility index (Phi) is 14.5. The molecule has 2 unspecified atom stereocenters. The van der Waals surface area contributed by atoms with Gasteiger partial charge in [0.25, 0.3) is 0 Å². The maximum atomic E-state index is 14.3. The van der Waals surface area contributed by atoms with Gasteiger partial charge in [-0.1, -0.05) is 113 Å². The van der Waals surface area contributed by atoms with Crippen LogP contribution in [0.3, 0.4) is 0 Å². The molecule has 0 fully saturated rings. The summed E-state index contributed by atoms with van der Waals surface area (Å²) in [6.45, 7) is 28.5. The van der Waals surface area contributed by atoms with Crippen LogP contribution in [0, 0.1) is 27.1 Å². The molecule has 0 saturated carbocycles. The maximum absolute atomic E-state index is 14.3. The van der Waals surface area contributed by atoms with E-state index in [2.05, 4.69) is 118 Å². The van der Waals surface area contributed by atoms with Gasteiger partial charge in [0.15, 0.2) is 0 Å². The lowest BCUT2D eigenvalue weighted by molar-refractivity contribution is -0.160. The first kappa shape index (κ1) is 37.2. The van der Waals surface area contributed by atoms with E-state index in [4.69, 9.17) is 5.73 Å². The third-order valence-electron chi connectivity index (χ3n) is 10.5. The Morgan fingerprint density at radius 3 is 1.80 bits per heavy atom. The van der Waals surface area contributed by atoms with E-state index in [9.17, 15) is 4.79 Å². The van der Waals surface area contributed by atoms with Gasteiger partial charge in [-0.05, 0) is 90.4 Å². The lowest BCUT2D eigenvalue weighted by atomic mass is 9.42. The monoisotopic (exact) mass is 574 g/mol. The lowest BCUT2D eigenvalue weighted by Crippen LogP contribution is -2.58. The van der Waals surface area contributed by atoms with Gasteiger partial charge in [-0.25, -0.2) is 0 Å². The van der Waals surface area contributed by atoms with Crippen molar-refractivity contribution in [2.45, 2.75) is 139 Å². The number of carbonyl (C=O) groups is 1. The van der Waals surface area contributed by atoms with Gasteiger partial charge in [-0.2, -0.15) is 12.6 Å². The standard InChI is InChI=1S/C36H66N2OS/c1-32(2,3)26-30(29-21-19-28(27-40)20-22-29)34(7,8)35(9,10)36(11,33(4,5)6)31(39)18-14-17-25-38-24-16-13-12-15-23-37/h19-22,30,38,40H,12-18,23-27,37H2,1-11H3. The summed E-state index contributed by atoms with van der Waals surface area (Å²) in [5, 5.41) is 3.58. The Bertz CT molecular complexity index is 876. The molecule has 1 rings (SSSR count). The van der Waals surface area contributed by atoms with E-state index in [0.717, 1.165) is 51.1 Å². The molecular formula is C36H66N2OS. The Balaban J connectivity index is 3.16. The average Bonchev–Trinajstić information content (AvgIpc) is 2.86. The highest BCUT2D eigenvalue weighted by Gasteiger charge is 2.61. The number of Topliss-reactive ketones (excluding diaryl/α,β-unsaturated/α-hetero) is 1. The van der Waals surface area contributed by atoms with Crippen molar-refractivity contribution in [3.05, 3.63) is 35.4 Å². The van der Waals surface area contributed by atoms with Gasteiger partial charge in [0.05, 0.1) is 0 Å². The maximum Gasteiger partial charge on any atom is 0.139 e. The smallest absolute Gasteiger partial charge is 0.139 e. The molecule has 0 aliphatic carbocycles. The van der Waals surface area contributed by atoms with Crippen molar-refractivity contribution in [2.24, 2.45) is 32.8 Å². The summed E-state index contributed by atoms with van der Waals surface area (Å²) in [5.41, 5.74) is 7.32. The molecule has 3 nitrogen and oxygen atoms in total. The zero-order chi connectivity index (χ0) is 30.8. The van der Waals surface area contributed by atoms with Crippen LogP contribution in [0.15, 0.2) is 24.3 Å². The van der Waals surface area contributed by atoms with Crippen LogP contribution in [-0.4, -0.2) is 25.4 Å². The van der Waals surface area contributed by atoms with Crippen molar-refractivity contribution in [1.82, 2.24) is 5.32 Å². The number of thiol groups is 1. The van der Waals surface area contributed by atoms with Crippen LogP contribution in [0.5, 0.6) is 0 Å². The van der Waals surface area contributed by atoms with Crippen molar-refractivity contribution in [1.29, 1.82) is 0 Å². The first-order valence-electron chi connectivity index (χ1n) is 16.0. The summed E-state index contributed by atoms with van der Waals surface area (Å²) in [7, 11) is 0. The summed E-state index contributed by atoms with van der Waals surface area (Å²) >= 11 is 4.48. The Morgan fingerprint density at radius 1 is 0.800 bits per heavy atom. The zero-order valence-corrected chi connectivity index (χ0v) is 29.2. The van der Waals surface area contributed by atoms with Crippen LogP contribution in [0.1, 0.15) is 145 Å². The van der Waals surface area contributed by atoms with Crippen molar-refractivity contribution >= 4 is 18.4 Å². The molecule has 1 aromatic carbocycles. The molecule has 0 bridgehead atoms. The minimum Gasteiger partial charge on any atom is -0.330 e. The second kappa shape index (κ2) is 15.6. The fraction of sp³-hybridized carbons (Fsp3) is 0.806. The van der Waals surface area contributed by atoms with Crippen LogP contribution in [-0.2, 0) is 10.5 Å². The van der Waals surface area contributed by atoms with Crippen molar-refractivity contribution in [3.8, 4) is 0 Å². The first-order valence-corrected chi connectivity index (χ1v) is 16.6. The van der Waals surface area contributed by atoms with Gasteiger partial charge < -0.3 is 11.1 Å². The molecule has 0 heterocycles. The molecule has 0 aliphatic rings. The molecule has 0 saturated heterocycles. The highest BCUT2D eigenvalue weighted by atomic mass is 32.1. The Morgan fingerprint density at radius 2 is 1.32 bits per heavy atom. The molecule has 0 radical (unpaired) electrons. The van der Waals surface area contributed by atoms with Gasteiger partial charge in [-0.3, -0.25) is 4.79 Å². The average molecular weight is 575 g/mol. The summed E-state index contributed by atoms with van der Waals surface area (Å²) in [5.74, 6) is 1.49. The first-order chi connectivity index (χ1) is 18.4. The van der Waals surface area contributed by atoms with E-state index in [1.165, 1.54) is 30.4 Å². The molecule has 0 aliphatic heterocycles. The van der Waals surface area contributed by atoms with Crippen molar-refractivity contribution in [3.63, 3.8) is 0 Å². The van der Waals surface area contributed by atoms with Crippen LogP contribution in [0.4, 0.5) is 0 Å². The SMILES string of the molecule is CC(C)(C)CC(c1ccc(CS)cc1)C(C)(C)C(C)(C)C(C)(C(=O)CCCCNCCCCCCN)C(C)(C)C. The number of nitrogens with one attached hydrogen (secondary N) is 1. The molecule has 40 heavy (non-hydrogen) atoms. The van der Waals surface area contributed by atoms with E-state index in [-0.39, 0.29) is 21.7 Å². The fourth-order valence-corrected chi connectivity index (χ4v) is 6.91. The molecule has 1 aromatic rings. The van der Waals surface area contributed by atoms with Crippen molar-refractivity contribution in [2.75, 3.05) is 19.6 Å². The quantitative estimate of drug-likeness (QED) is 0.121. The van der Waals surface area contributed by atoms with E-state index < -0.39 is 5.41 Å². The minimum atomic E-state index is -0.485. The molecule has 0 spiro atoms.